The van der Waals surface area contributed by atoms with Gasteiger partial charge in [-0.2, -0.15) is 0 Å². The molecule has 7 nitrogen and oxygen atoms in total. The summed E-state index contributed by atoms with van der Waals surface area (Å²) in [5.41, 5.74) is 7.38. The number of thioether (sulfide) groups is 1. The van der Waals surface area contributed by atoms with Crippen LogP contribution in [0.5, 0.6) is 0 Å². The maximum atomic E-state index is 12.6. The molecule has 2 amide bonds. The molecule has 2 atom stereocenters. The number of nitrogens with zero attached hydrogens (tertiary/aromatic N) is 2. The fourth-order valence-electron chi connectivity index (χ4n) is 3.29. The molecule has 0 spiro atoms. The van der Waals surface area contributed by atoms with Crippen molar-refractivity contribution < 1.29 is 9.59 Å². The van der Waals surface area contributed by atoms with Crippen molar-refractivity contribution in [2.24, 2.45) is 11.7 Å². The Morgan fingerprint density at radius 1 is 1.44 bits per heavy atom. The number of carbonyl (C=O) groups is 2. The molecule has 1 saturated heterocycles. The van der Waals surface area contributed by atoms with E-state index in [1.807, 2.05) is 29.2 Å². The molecule has 0 radical (unpaired) electrons. The summed E-state index contributed by atoms with van der Waals surface area (Å²) in [5, 5.41) is 2.92. The van der Waals surface area contributed by atoms with Gasteiger partial charge in [0.1, 0.15) is 5.82 Å². The van der Waals surface area contributed by atoms with Crippen molar-refractivity contribution in [1.29, 1.82) is 0 Å². The van der Waals surface area contributed by atoms with E-state index in [0.717, 1.165) is 36.2 Å². The first-order valence-corrected chi connectivity index (χ1v) is 10.4. The summed E-state index contributed by atoms with van der Waals surface area (Å²) in [4.78, 5) is 34.5. The van der Waals surface area contributed by atoms with Gasteiger partial charge in [-0.15, -0.1) is 11.8 Å². The van der Waals surface area contributed by atoms with Gasteiger partial charge in [-0.25, -0.2) is 4.98 Å². The molecule has 0 aliphatic carbocycles. The fourth-order valence-corrected chi connectivity index (χ4v) is 4.13. The van der Waals surface area contributed by atoms with Gasteiger partial charge in [-0.1, -0.05) is 12.1 Å². The van der Waals surface area contributed by atoms with E-state index in [-0.39, 0.29) is 23.0 Å². The number of aromatic nitrogens is 2. The second kappa shape index (κ2) is 9.23. The summed E-state index contributed by atoms with van der Waals surface area (Å²) < 4.78 is 0. The van der Waals surface area contributed by atoms with E-state index in [9.17, 15) is 9.59 Å². The topological polar surface area (TPSA) is 104 Å². The van der Waals surface area contributed by atoms with Gasteiger partial charge in [-0.05, 0) is 31.9 Å². The second-order valence-electron chi connectivity index (χ2n) is 6.85. The van der Waals surface area contributed by atoms with Crippen molar-refractivity contribution in [2.45, 2.75) is 25.0 Å². The second-order valence-corrected chi connectivity index (χ2v) is 8.18. The molecule has 1 aromatic carbocycles. The van der Waals surface area contributed by atoms with Crippen molar-refractivity contribution >= 4 is 34.6 Å². The first kappa shape index (κ1) is 19.7. The van der Waals surface area contributed by atoms with Crippen molar-refractivity contribution in [2.75, 3.05) is 31.9 Å². The lowest BCUT2D eigenvalue weighted by Gasteiger charge is -2.32. The molecule has 0 saturated carbocycles. The first-order chi connectivity index (χ1) is 13.1. The zero-order valence-electron chi connectivity index (χ0n) is 15.6. The molecule has 2 aromatic rings. The molecule has 0 bridgehead atoms. The predicted molar refractivity (Wildman–Crippen MR) is 108 cm³/mol. The van der Waals surface area contributed by atoms with Gasteiger partial charge in [0.2, 0.25) is 11.8 Å². The monoisotopic (exact) mass is 389 g/mol. The van der Waals surface area contributed by atoms with Gasteiger partial charge < -0.3 is 20.9 Å². The molecule has 2 unspecified atom stereocenters. The van der Waals surface area contributed by atoms with Crippen LogP contribution in [0.15, 0.2) is 24.3 Å². The van der Waals surface area contributed by atoms with Gasteiger partial charge >= 0.3 is 0 Å². The molecule has 2 heterocycles. The van der Waals surface area contributed by atoms with Gasteiger partial charge in [0.05, 0.1) is 28.0 Å². The quantitative estimate of drug-likeness (QED) is 0.668. The van der Waals surface area contributed by atoms with Crippen LogP contribution in [-0.2, 0) is 9.59 Å². The van der Waals surface area contributed by atoms with Crippen LogP contribution in [0.3, 0.4) is 0 Å². The zero-order valence-corrected chi connectivity index (χ0v) is 16.4. The molecule has 4 N–H and O–H groups in total. The number of nitrogens with one attached hydrogen (secondary N) is 2. The Morgan fingerprint density at radius 3 is 3.04 bits per heavy atom. The van der Waals surface area contributed by atoms with E-state index in [1.54, 1.807) is 11.8 Å². The highest BCUT2D eigenvalue weighted by Gasteiger charge is 2.28. The Kier molecular flexibility index (Phi) is 6.73. The summed E-state index contributed by atoms with van der Waals surface area (Å²) in [6.45, 7) is 4.18. The number of piperidine rings is 1. The molecule has 27 heavy (non-hydrogen) atoms. The predicted octanol–water partition coefficient (Wildman–Crippen LogP) is 1.67. The average molecular weight is 390 g/mol. The number of likely N-dealkylation sites (tertiary alicyclic amines) is 1. The third-order valence-corrected chi connectivity index (χ3v) is 5.97. The molecule has 146 valence electrons. The standard InChI is InChI=1S/C19H27N5O2S/c1-13(18-22-15-6-2-3-7-16(15)23-18)27-12-17(25)24-10-4-5-14(11-24)19(26)21-9-8-20/h2-3,6-7,13-14H,4-5,8-12,20H2,1H3,(H,21,26)(H,22,23). The van der Waals surface area contributed by atoms with Crippen LogP contribution in [0.1, 0.15) is 30.8 Å². The maximum Gasteiger partial charge on any atom is 0.232 e. The molecule has 1 aliphatic heterocycles. The number of aromatic amines is 1. The van der Waals surface area contributed by atoms with Gasteiger partial charge in [0.25, 0.3) is 0 Å². The van der Waals surface area contributed by atoms with E-state index >= 15 is 0 Å². The molecular weight excluding hydrogens is 362 g/mol. The minimum Gasteiger partial charge on any atom is -0.355 e. The number of benzene rings is 1. The van der Waals surface area contributed by atoms with Crippen molar-refractivity contribution in [3.8, 4) is 0 Å². The third-order valence-electron chi connectivity index (χ3n) is 4.84. The fraction of sp³-hybridized carbons (Fsp3) is 0.526. The van der Waals surface area contributed by atoms with Crippen LogP contribution in [0.25, 0.3) is 11.0 Å². The van der Waals surface area contributed by atoms with Crippen LogP contribution < -0.4 is 11.1 Å². The van der Waals surface area contributed by atoms with E-state index in [1.165, 1.54) is 0 Å². The highest BCUT2D eigenvalue weighted by atomic mass is 32.2. The molecule has 1 aromatic heterocycles. The number of carbonyl (C=O) groups excluding carboxylic acids is 2. The van der Waals surface area contributed by atoms with E-state index in [0.29, 0.717) is 25.4 Å². The Hall–Kier alpha value is -2.06. The smallest absolute Gasteiger partial charge is 0.232 e. The normalized spacial score (nSPS) is 18.4. The van der Waals surface area contributed by atoms with E-state index in [4.69, 9.17) is 5.73 Å². The highest BCUT2D eigenvalue weighted by Crippen LogP contribution is 2.28. The SMILES string of the molecule is CC(SCC(=O)N1CCCC(C(=O)NCCN)C1)c1nc2ccccc2[nH]1. The van der Waals surface area contributed by atoms with Crippen LogP contribution in [0.4, 0.5) is 0 Å². The lowest BCUT2D eigenvalue weighted by atomic mass is 9.97. The Balaban J connectivity index is 1.51. The number of amides is 2. The number of para-hydroxylation sites is 2. The third kappa shape index (κ3) is 5.01. The Bertz CT molecular complexity index is 760. The van der Waals surface area contributed by atoms with E-state index in [2.05, 4.69) is 22.2 Å². The summed E-state index contributed by atoms with van der Waals surface area (Å²) in [6, 6.07) is 7.91. The largest absolute Gasteiger partial charge is 0.355 e. The minimum absolute atomic E-state index is 0.00115. The summed E-state index contributed by atoms with van der Waals surface area (Å²) in [5.74, 6) is 1.22. The van der Waals surface area contributed by atoms with Crippen molar-refractivity contribution in [3.63, 3.8) is 0 Å². The minimum atomic E-state index is -0.132. The van der Waals surface area contributed by atoms with Crippen LogP contribution in [0.2, 0.25) is 0 Å². The van der Waals surface area contributed by atoms with E-state index < -0.39 is 0 Å². The Labute approximate surface area is 163 Å². The average Bonchev–Trinajstić information content (AvgIpc) is 3.14. The number of imidazole rings is 1. The molecule has 3 rings (SSSR count). The zero-order chi connectivity index (χ0) is 19.2. The Morgan fingerprint density at radius 2 is 2.26 bits per heavy atom. The van der Waals surface area contributed by atoms with Crippen molar-refractivity contribution in [1.82, 2.24) is 20.2 Å². The van der Waals surface area contributed by atoms with Crippen LogP contribution in [-0.4, -0.2) is 58.6 Å². The summed E-state index contributed by atoms with van der Waals surface area (Å²) in [7, 11) is 0. The highest BCUT2D eigenvalue weighted by molar-refractivity contribution is 8.00. The number of fused-ring (bicyclic) bond motifs is 1. The number of hydrogen-bond donors (Lipinski definition) is 3. The number of H-pyrrole nitrogens is 1. The summed E-state index contributed by atoms with van der Waals surface area (Å²) >= 11 is 1.57. The maximum absolute atomic E-state index is 12.6. The molecule has 8 heteroatoms. The number of rotatable bonds is 7. The number of nitrogens with two attached hydrogens (primary N) is 1. The first-order valence-electron chi connectivity index (χ1n) is 9.40. The van der Waals surface area contributed by atoms with Crippen molar-refractivity contribution in [3.05, 3.63) is 30.1 Å². The summed E-state index contributed by atoms with van der Waals surface area (Å²) in [6.07, 6.45) is 1.68. The molecule has 1 aliphatic rings. The van der Waals surface area contributed by atoms with Gasteiger partial charge in [-0.3, -0.25) is 9.59 Å². The van der Waals surface area contributed by atoms with Gasteiger partial charge in [0.15, 0.2) is 0 Å². The number of hydrogen-bond acceptors (Lipinski definition) is 5. The van der Waals surface area contributed by atoms with Gasteiger partial charge in [0, 0.05) is 26.2 Å². The lowest BCUT2D eigenvalue weighted by Crippen LogP contribution is -2.46. The molecule has 1 fully saturated rings. The van der Waals surface area contributed by atoms with Crippen LogP contribution >= 0.6 is 11.8 Å². The molecular formula is C19H27N5O2S. The van der Waals surface area contributed by atoms with Crippen LogP contribution in [0, 0.1) is 5.92 Å². The lowest BCUT2D eigenvalue weighted by molar-refractivity contribution is -0.133.